The lowest BCUT2D eigenvalue weighted by Gasteiger charge is -2.05. The molecule has 0 fully saturated rings. The van der Waals surface area contributed by atoms with E-state index in [4.69, 9.17) is 0 Å². The average molecular weight is 200 g/mol. The maximum Gasteiger partial charge on any atom is 0.266 e. The minimum absolute atomic E-state index is 0.177. The highest BCUT2D eigenvalue weighted by Gasteiger charge is 2.02. The summed E-state index contributed by atoms with van der Waals surface area (Å²) < 4.78 is 0. The van der Waals surface area contributed by atoms with E-state index >= 15 is 0 Å². The first-order valence-corrected chi connectivity index (χ1v) is 4.79. The molecule has 1 aromatic carbocycles. The molecule has 76 valence electrons. The third-order valence-electron chi connectivity index (χ3n) is 2.33. The minimum Gasteiger partial charge on any atom is -0.326 e. The van der Waals surface area contributed by atoms with Gasteiger partial charge in [0.2, 0.25) is 0 Å². The summed E-state index contributed by atoms with van der Waals surface area (Å²) >= 11 is 0. The lowest BCUT2D eigenvalue weighted by Crippen LogP contribution is -2.04. The van der Waals surface area contributed by atoms with Crippen molar-refractivity contribution >= 4 is 0 Å². The Morgan fingerprint density at radius 1 is 1.27 bits per heavy atom. The molecule has 1 N–H and O–H groups in total. The van der Waals surface area contributed by atoms with Crippen LogP contribution in [0.5, 0.6) is 0 Å². The predicted octanol–water partition coefficient (Wildman–Crippen LogP) is 2.05. The minimum atomic E-state index is -0.177. The van der Waals surface area contributed by atoms with E-state index in [1.54, 1.807) is 6.20 Å². The van der Waals surface area contributed by atoms with E-state index in [1.807, 2.05) is 19.1 Å². The van der Waals surface area contributed by atoms with Crippen LogP contribution in [-0.4, -0.2) is 9.97 Å². The Labute approximate surface area is 87.8 Å². The largest absolute Gasteiger partial charge is 0.326 e. The van der Waals surface area contributed by atoms with Crippen molar-refractivity contribution in [2.75, 3.05) is 0 Å². The van der Waals surface area contributed by atoms with Crippen molar-refractivity contribution in [1.82, 2.24) is 9.97 Å². The Bertz CT molecular complexity index is 523. The molecule has 0 aliphatic carbocycles. The van der Waals surface area contributed by atoms with Crippen LogP contribution in [0.3, 0.4) is 0 Å². The molecule has 3 heteroatoms. The van der Waals surface area contributed by atoms with E-state index in [2.05, 4.69) is 23.0 Å². The fourth-order valence-electron chi connectivity index (χ4n) is 1.59. The number of aromatic nitrogens is 2. The van der Waals surface area contributed by atoms with Gasteiger partial charge >= 0.3 is 0 Å². The number of rotatable bonds is 1. The smallest absolute Gasteiger partial charge is 0.266 e. The predicted molar refractivity (Wildman–Crippen MR) is 59.8 cm³/mol. The number of aromatic amines is 1. The normalized spacial score (nSPS) is 10.3. The Morgan fingerprint density at radius 2 is 2.07 bits per heavy atom. The molecule has 0 bridgehead atoms. The van der Waals surface area contributed by atoms with Crippen LogP contribution in [0.15, 0.2) is 35.4 Å². The van der Waals surface area contributed by atoms with Gasteiger partial charge < -0.3 is 4.98 Å². The van der Waals surface area contributed by atoms with Crippen molar-refractivity contribution in [2.45, 2.75) is 13.8 Å². The second-order valence-electron chi connectivity index (χ2n) is 3.61. The third kappa shape index (κ3) is 1.96. The zero-order chi connectivity index (χ0) is 10.8. The molecule has 3 nitrogen and oxygen atoms in total. The van der Waals surface area contributed by atoms with Crippen molar-refractivity contribution < 1.29 is 0 Å². The lowest BCUT2D eigenvalue weighted by molar-refractivity contribution is 1.14. The summed E-state index contributed by atoms with van der Waals surface area (Å²) in [5, 5.41) is 0. The van der Waals surface area contributed by atoms with E-state index in [0.29, 0.717) is 0 Å². The molecular formula is C12H12N2O. The summed E-state index contributed by atoms with van der Waals surface area (Å²) in [6.07, 6.45) is 2.94. The number of nitrogens with zero attached hydrogens (tertiary/aromatic N) is 1. The molecule has 1 heterocycles. The number of hydrogen-bond acceptors (Lipinski definition) is 2. The summed E-state index contributed by atoms with van der Waals surface area (Å²) in [5.41, 5.74) is 4.06. The van der Waals surface area contributed by atoms with Gasteiger partial charge in [0.25, 0.3) is 5.56 Å². The first kappa shape index (κ1) is 9.65. The fourth-order valence-corrected chi connectivity index (χ4v) is 1.59. The molecule has 2 aromatic rings. The second-order valence-corrected chi connectivity index (χ2v) is 3.61. The Morgan fingerprint density at radius 3 is 2.67 bits per heavy atom. The average Bonchev–Trinajstić information content (AvgIpc) is 2.20. The Hall–Kier alpha value is -1.90. The molecule has 0 spiro atoms. The molecule has 0 unspecified atom stereocenters. The summed E-state index contributed by atoms with van der Waals surface area (Å²) in [6, 6.07) is 6.16. The maximum absolute atomic E-state index is 10.9. The highest BCUT2D eigenvalue weighted by molar-refractivity contribution is 5.62. The van der Waals surface area contributed by atoms with Gasteiger partial charge in [0.15, 0.2) is 0 Å². The highest BCUT2D eigenvalue weighted by Crippen LogP contribution is 2.20. The van der Waals surface area contributed by atoms with Crippen molar-refractivity contribution in [1.29, 1.82) is 0 Å². The van der Waals surface area contributed by atoms with Crippen molar-refractivity contribution in [2.24, 2.45) is 0 Å². The zero-order valence-electron chi connectivity index (χ0n) is 8.74. The van der Waals surface area contributed by atoms with Gasteiger partial charge in [-0.05, 0) is 19.4 Å². The Kier molecular flexibility index (Phi) is 2.37. The van der Waals surface area contributed by atoms with Gasteiger partial charge in [-0.15, -0.1) is 0 Å². The van der Waals surface area contributed by atoms with Crippen LogP contribution < -0.4 is 5.56 Å². The number of benzene rings is 1. The molecule has 0 saturated heterocycles. The van der Waals surface area contributed by atoms with E-state index in [-0.39, 0.29) is 5.56 Å². The van der Waals surface area contributed by atoms with Gasteiger partial charge in [-0.1, -0.05) is 23.8 Å². The first-order chi connectivity index (χ1) is 7.16. The summed E-state index contributed by atoms with van der Waals surface area (Å²) in [7, 11) is 0. The quantitative estimate of drug-likeness (QED) is 0.765. The van der Waals surface area contributed by atoms with Crippen molar-refractivity contribution in [3.63, 3.8) is 0 Å². The number of H-pyrrole nitrogens is 1. The molecular weight excluding hydrogens is 188 g/mol. The molecule has 1 aromatic heterocycles. The molecule has 0 saturated carbocycles. The van der Waals surface area contributed by atoms with Gasteiger partial charge in [-0.25, -0.2) is 4.98 Å². The molecule has 0 radical (unpaired) electrons. The number of hydrogen-bond donors (Lipinski definition) is 1. The van der Waals surface area contributed by atoms with Gasteiger partial charge in [-0.3, -0.25) is 4.79 Å². The molecule has 0 aliphatic rings. The fraction of sp³-hybridized carbons (Fsp3) is 0.167. The summed E-state index contributed by atoms with van der Waals surface area (Å²) in [5.74, 6) is 0. The molecule has 0 aliphatic heterocycles. The van der Waals surface area contributed by atoms with Crippen LogP contribution in [0.1, 0.15) is 11.1 Å². The lowest BCUT2D eigenvalue weighted by atomic mass is 10.0. The van der Waals surface area contributed by atoms with Crippen LogP contribution >= 0.6 is 0 Å². The van der Waals surface area contributed by atoms with Gasteiger partial charge in [0, 0.05) is 11.8 Å². The molecule has 2 rings (SSSR count). The van der Waals surface area contributed by atoms with E-state index in [1.165, 1.54) is 11.8 Å². The summed E-state index contributed by atoms with van der Waals surface area (Å²) in [6.45, 7) is 4.09. The van der Waals surface area contributed by atoms with Gasteiger partial charge in [0.1, 0.15) is 0 Å². The van der Waals surface area contributed by atoms with Crippen LogP contribution in [0.2, 0.25) is 0 Å². The van der Waals surface area contributed by atoms with Crippen LogP contribution in [0.4, 0.5) is 0 Å². The van der Waals surface area contributed by atoms with Crippen LogP contribution in [-0.2, 0) is 0 Å². The van der Waals surface area contributed by atoms with Crippen molar-refractivity contribution in [3.8, 4) is 11.3 Å². The zero-order valence-corrected chi connectivity index (χ0v) is 8.74. The van der Waals surface area contributed by atoms with E-state index in [9.17, 15) is 4.79 Å². The number of nitrogens with one attached hydrogen (secondary N) is 1. The topological polar surface area (TPSA) is 45.8 Å². The summed E-state index contributed by atoms with van der Waals surface area (Å²) in [4.78, 5) is 17.6. The van der Waals surface area contributed by atoms with Crippen LogP contribution in [0, 0.1) is 13.8 Å². The number of aryl methyl sites for hydroxylation is 2. The first-order valence-electron chi connectivity index (χ1n) is 4.79. The SMILES string of the molecule is Cc1ccc(-c2c[nH]c(=O)cn2)c(C)c1. The third-order valence-corrected chi connectivity index (χ3v) is 2.33. The van der Waals surface area contributed by atoms with Gasteiger partial charge in [0.05, 0.1) is 11.9 Å². The van der Waals surface area contributed by atoms with Crippen molar-refractivity contribution in [3.05, 3.63) is 52.1 Å². The van der Waals surface area contributed by atoms with E-state index in [0.717, 1.165) is 16.8 Å². The Balaban J connectivity index is 2.54. The van der Waals surface area contributed by atoms with E-state index < -0.39 is 0 Å². The monoisotopic (exact) mass is 200 g/mol. The second kappa shape index (κ2) is 3.69. The maximum atomic E-state index is 10.9. The van der Waals surface area contributed by atoms with Crippen LogP contribution in [0.25, 0.3) is 11.3 Å². The standard InChI is InChI=1S/C12H12N2O/c1-8-3-4-10(9(2)5-8)11-6-14-12(15)7-13-11/h3-7H,1-2H3,(H,14,15). The van der Waals surface area contributed by atoms with Gasteiger partial charge in [-0.2, -0.15) is 0 Å². The highest BCUT2D eigenvalue weighted by atomic mass is 16.1. The molecule has 15 heavy (non-hydrogen) atoms. The molecule has 0 amide bonds. The molecule has 0 atom stereocenters.